The maximum atomic E-state index is 6.25. The molecular weight excluding hydrogens is 363 g/mol. The van der Waals surface area contributed by atoms with Gasteiger partial charge in [-0.15, -0.1) is 5.10 Å². The fraction of sp³-hybridized carbons (Fsp3) is 0.417. The molecule has 1 heterocycles. The van der Waals surface area contributed by atoms with Gasteiger partial charge in [0.15, 0.2) is 5.82 Å². The molecule has 0 bridgehead atoms. The van der Waals surface area contributed by atoms with Crippen molar-refractivity contribution in [3.63, 3.8) is 0 Å². The van der Waals surface area contributed by atoms with Crippen LogP contribution >= 0.6 is 34.2 Å². The normalized spacial score (nSPS) is 16.3. The van der Waals surface area contributed by atoms with Crippen LogP contribution in [0.2, 0.25) is 5.02 Å². The Balaban J connectivity index is 2.06. The van der Waals surface area contributed by atoms with Gasteiger partial charge in [-0.05, 0) is 64.1 Å². The SMILES string of the molecule is Clc1ccc(I)cc1-n1nnnc1C1CCCC1. The van der Waals surface area contributed by atoms with E-state index in [0.717, 1.165) is 15.1 Å². The summed E-state index contributed by atoms with van der Waals surface area (Å²) < 4.78 is 2.92. The molecule has 6 heteroatoms. The van der Waals surface area contributed by atoms with E-state index in [1.165, 1.54) is 25.7 Å². The first-order valence-corrected chi connectivity index (χ1v) is 7.45. The van der Waals surface area contributed by atoms with Crippen molar-refractivity contribution < 1.29 is 0 Å². The minimum Gasteiger partial charge on any atom is -0.196 e. The highest BCUT2D eigenvalue weighted by Gasteiger charge is 2.24. The Bertz CT molecular complexity index is 563. The number of rotatable bonds is 2. The second-order valence-electron chi connectivity index (χ2n) is 4.53. The average Bonchev–Trinajstić information content (AvgIpc) is 3.00. The minimum absolute atomic E-state index is 0.467. The number of tetrazole rings is 1. The molecule has 0 spiro atoms. The molecule has 3 rings (SSSR count). The molecule has 0 atom stereocenters. The molecule has 1 aromatic heterocycles. The van der Waals surface area contributed by atoms with Gasteiger partial charge in [-0.2, -0.15) is 4.68 Å². The molecule has 18 heavy (non-hydrogen) atoms. The van der Waals surface area contributed by atoms with Crippen molar-refractivity contribution >= 4 is 34.2 Å². The van der Waals surface area contributed by atoms with E-state index in [-0.39, 0.29) is 0 Å². The van der Waals surface area contributed by atoms with Crippen LogP contribution in [0.1, 0.15) is 37.4 Å². The topological polar surface area (TPSA) is 43.6 Å². The van der Waals surface area contributed by atoms with Crippen LogP contribution in [0, 0.1) is 3.57 Å². The van der Waals surface area contributed by atoms with Crippen LogP contribution in [0.3, 0.4) is 0 Å². The number of hydrogen-bond donors (Lipinski definition) is 0. The number of hydrogen-bond acceptors (Lipinski definition) is 3. The summed E-state index contributed by atoms with van der Waals surface area (Å²) >= 11 is 8.51. The Kier molecular flexibility index (Phi) is 3.52. The van der Waals surface area contributed by atoms with Crippen LogP contribution in [0.25, 0.3) is 5.69 Å². The van der Waals surface area contributed by atoms with Crippen molar-refractivity contribution in [3.8, 4) is 5.69 Å². The lowest BCUT2D eigenvalue weighted by Gasteiger charge is -2.11. The first-order valence-electron chi connectivity index (χ1n) is 5.99. The summed E-state index contributed by atoms with van der Waals surface area (Å²) in [5.41, 5.74) is 0.871. The van der Waals surface area contributed by atoms with Crippen molar-refractivity contribution in [1.29, 1.82) is 0 Å². The highest BCUT2D eigenvalue weighted by Crippen LogP contribution is 2.34. The number of nitrogens with zero attached hydrogens (tertiary/aromatic N) is 4. The van der Waals surface area contributed by atoms with Gasteiger partial charge >= 0.3 is 0 Å². The summed E-state index contributed by atoms with van der Waals surface area (Å²) in [6, 6.07) is 5.88. The van der Waals surface area contributed by atoms with Crippen molar-refractivity contribution in [2.75, 3.05) is 0 Å². The Morgan fingerprint density at radius 3 is 2.83 bits per heavy atom. The van der Waals surface area contributed by atoms with Crippen LogP contribution in [0.5, 0.6) is 0 Å². The second kappa shape index (κ2) is 5.13. The summed E-state index contributed by atoms with van der Waals surface area (Å²) in [4.78, 5) is 0. The predicted molar refractivity (Wildman–Crippen MR) is 78.1 cm³/mol. The van der Waals surface area contributed by atoms with Gasteiger partial charge in [0.05, 0.1) is 10.7 Å². The molecule has 0 unspecified atom stereocenters. The van der Waals surface area contributed by atoms with E-state index in [9.17, 15) is 0 Å². The molecule has 1 aliphatic rings. The highest BCUT2D eigenvalue weighted by molar-refractivity contribution is 14.1. The predicted octanol–water partition coefficient (Wildman–Crippen LogP) is 3.58. The zero-order chi connectivity index (χ0) is 12.5. The van der Waals surface area contributed by atoms with E-state index in [1.807, 2.05) is 18.2 Å². The summed E-state index contributed by atoms with van der Waals surface area (Å²) in [6.07, 6.45) is 4.86. The zero-order valence-corrected chi connectivity index (χ0v) is 12.6. The third-order valence-corrected chi connectivity index (χ3v) is 4.34. The Morgan fingerprint density at radius 1 is 1.28 bits per heavy atom. The van der Waals surface area contributed by atoms with Gasteiger partial charge in [0, 0.05) is 9.49 Å². The van der Waals surface area contributed by atoms with Gasteiger partial charge in [-0.1, -0.05) is 24.4 Å². The van der Waals surface area contributed by atoms with E-state index < -0.39 is 0 Å². The highest BCUT2D eigenvalue weighted by atomic mass is 127. The van der Waals surface area contributed by atoms with Gasteiger partial charge < -0.3 is 0 Å². The molecule has 1 aromatic carbocycles. The van der Waals surface area contributed by atoms with Crippen LogP contribution in [0.4, 0.5) is 0 Å². The van der Waals surface area contributed by atoms with Crippen molar-refractivity contribution in [1.82, 2.24) is 20.2 Å². The molecule has 2 aromatic rings. The van der Waals surface area contributed by atoms with E-state index in [0.29, 0.717) is 10.9 Å². The Morgan fingerprint density at radius 2 is 2.06 bits per heavy atom. The van der Waals surface area contributed by atoms with E-state index in [1.54, 1.807) is 4.68 Å². The van der Waals surface area contributed by atoms with Crippen molar-refractivity contribution in [3.05, 3.63) is 32.6 Å². The average molecular weight is 375 g/mol. The van der Waals surface area contributed by atoms with Gasteiger partial charge in [-0.3, -0.25) is 0 Å². The van der Waals surface area contributed by atoms with Crippen LogP contribution in [-0.2, 0) is 0 Å². The van der Waals surface area contributed by atoms with E-state index in [4.69, 9.17) is 11.6 Å². The largest absolute Gasteiger partial charge is 0.196 e. The minimum atomic E-state index is 0.467. The zero-order valence-electron chi connectivity index (χ0n) is 9.68. The maximum absolute atomic E-state index is 6.25. The van der Waals surface area contributed by atoms with Crippen molar-refractivity contribution in [2.45, 2.75) is 31.6 Å². The third-order valence-electron chi connectivity index (χ3n) is 3.35. The lowest BCUT2D eigenvalue weighted by Crippen LogP contribution is -2.07. The molecule has 0 saturated heterocycles. The Hall–Kier alpha value is -0.690. The van der Waals surface area contributed by atoms with Crippen molar-refractivity contribution in [2.24, 2.45) is 0 Å². The summed E-state index contributed by atoms with van der Waals surface area (Å²) in [6.45, 7) is 0. The fourth-order valence-corrected chi connectivity index (χ4v) is 3.12. The van der Waals surface area contributed by atoms with Gasteiger partial charge in [0.2, 0.25) is 0 Å². The molecule has 1 saturated carbocycles. The lowest BCUT2D eigenvalue weighted by atomic mass is 10.1. The molecule has 0 radical (unpaired) electrons. The fourth-order valence-electron chi connectivity index (χ4n) is 2.45. The third kappa shape index (κ3) is 2.25. The first kappa shape index (κ1) is 12.3. The smallest absolute Gasteiger partial charge is 0.159 e. The van der Waals surface area contributed by atoms with Crippen LogP contribution < -0.4 is 0 Å². The number of halogens is 2. The number of benzene rings is 1. The molecule has 94 valence electrons. The summed E-state index contributed by atoms with van der Waals surface area (Å²) in [5.74, 6) is 1.41. The van der Waals surface area contributed by atoms with Gasteiger partial charge in [0.1, 0.15) is 0 Å². The summed E-state index contributed by atoms with van der Waals surface area (Å²) in [7, 11) is 0. The standard InChI is InChI=1S/C12H12ClIN4/c13-10-6-5-9(14)7-11(10)18-12(15-16-17-18)8-3-1-2-4-8/h5-8H,1-4H2. The van der Waals surface area contributed by atoms with Gasteiger partial charge in [0.25, 0.3) is 0 Å². The molecule has 1 fully saturated rings. The molecule has 1 aliphatic carbocycles. The first-order chi connectivity index (χ1) is 8.75. The second-order valence-corrected chi connectivity index (χ2v) is 6.18. The monoisotopic (exact) mass is 374 g/mol. The molecular formula is C12H12ClIN4. The van der Waals surface area contributed by atoms with E-state index in [2.05, 4.69) is 38.1 Å². The quantitative estimate of drug-likeness (QED) is 0.755. The van der Waals surface area contributed by atoms with Crippen LogP contribution in [-0.4, -0.2) is 20.2 Å². The molecule has 0 N–H and O–H groups in total. The Labute approximate surface area is 124 Å². The van der Waals surface area contributed by atoms with E-state index >= 15 is 0 Å². The molecule has 4 nitrogen and oxygen atoms in total. The van der Waals surface area contributed by atoms with Crippen LogP contribution in [0.15, 0.2) is 18.2 Å². The molecule has 0 amide bonds. The number of aromatic nitrogens is 4. The maximum Gasteiger partial charge on any atom is 0.159 e. The van der Waals surface area contributed by atoms with Gasteiger partial charge in [-0.25, -0.2) is 0 Å². The lowest BCUT2D eigenvalue weighted by molar-refractivity contribution is 0.636. The summed E-state index contributed by atoms with van der Waals surface area (Å²) in [5, 5.41) is 12.8. The molecule has 0 aliphatic heterocycles.